The second-order valence-electron chi connectivity index (χ2n) is 5.64. The first-order chi connectivity index (χ1) is 12.0. The molecule has 1 aliphatic carbocycles. The highest BCUT2D eigenvalue weighted by molar-refractivity contribution is 6.64. The zero-order valence-corrected chi connectivity index (χ0v) is 13.8. The summed E-state index contributed by atoms with van der Waals surface area (Å²) in [5.41, 5.74) is 0.872. The predicted molar refractivity (Wildman–Crippen MR) is 91.1 cm³/mol. The van der Waals surface area contributed by atoms with Crippen molar-refractivity contribution in [3.8, 4) is 0 Å². The molecule has 25 heavy (non-hydrogen) atoms. The maximum atomic E-state index is 12.6. The van der Waals surface area contributed by atoms with Crippen LogP contribution in [0.4, 0.5) is 0 Å². The normalized spacial score (nSPS) is 19.6. The molecule has 2 atom stereocenters. The van der Waals surface area contributed by atoms with E-state index in [0.717, 1.165) is 5.56 Å². The predicted octanol–water partition coefficient (Wildman–Crippen LogP) is 1.48. The molecule has 0 saturated carbocycles. The molecule has 2 aromatic carbocycles. The third-order valence-electron chi connectivity index (χ3n) is 3.98. The SMILES string of the molecule is O=C1C(=N[C@H](Cc2ccccc2)C(=O)[O-])C(Cl)C(=O)c2ccccc21. The van der Waals surface area contributed by atoms with Gasteiger partial charge < -0.3 is 9.90 Å². The Morgan fingerprint density at radius 3 is 2.28 bits per heavy atom. The summed E-state index contributed by atoms with van der Waals surface area (Å²) >= 11 is 6.09. The van der Waals surface area contributed by atoms with Gasteiger partial charge in [-0.1, -0.05) is 54.6 Å². The van der Waals surface area contributed by atoms with Gasteiger partial charge in [-0.15, -0.1) is 11.6 Å². The van der Waals surface area contributed by atoms with E-state index in [-0.39, 0.29) is 23.3 Å². The fourth-order valence-electron chi connectivity index (χ4n) is 2.72. The summed E-state index contributed by atoms with van der Waals surface area (Å²) in [6.07, 6.45) is 0.0411. The lowest BCUT2D eigenvalue weighted by Crippen LogP contribution is -2.42. The molecule has 3 rings (SSSR count). The van der Waals surface area contributed by atoms with E-state index in [1.165, 1.54) is 12.1 Å². The molecule has 1 aliphatic rings. The van der Waals surface area contributed by atoms with Crippen LogP contribution in [0.15, 0.2) is 59.6 Å². The van der Waals surface area contributed by atoms with Crippen LogP contribution in [-0.4, -0.2) is 34.7 Å². The zero-order chi connectivity index (χ0) is 18.0. The summed E-state index contributed by atoms with van der Waals surface area (Å²) in [6, 6.07) is 13.8. The van der Waals surface area contributed by atoms with Gasteiger partial charge in [-0.3, -0.25) is 14.6 Å². The van der Waals surface area contributed by atoms with Gasteiger partial charge in [-0.2, -0.15) is 0 Å². The van der Waals surface area contributed by atoms with E-state index in [9.17, 15) is 19.5 Å². The van der Waals surface area contributed by atoms with Crippen LogP contribution in [0.1, 0.15) is 26.3 Å². The number of carboxylic acids is 1. The van der Waals surface area contributed by atoms with E-state index in [2.05, 4.69) is 4.99 Å². The Balaban J connectivity index is 1.99. The van der Waals surface area contributed by atoms with Crippen LogP contribution in [0.2, 0.25) is 0 Å². The summed E-state index contributed by atoms with van der Waals surface area (Å²) in [6.45, 7) is 0. The number of Topliss-reactive ketones (excluding diaryl/α,β-unsaturated/α-hetero) is 2. The average Bonchev–Trinajstić information content (AvgIpc) is 2.63. The number of halogens is 1. The Morgan fingerprint density at radius 2 is 1.64 bits per heavy atom. The molecule has 0 aliphatic heterocycles. The summed E-state index contributed by atoms with van der Waals surface area (Å²) in [7, 11) is 0. The number of nitrogens with zero attached hydrogens (tertiary/aromatic N) is 1. The summed E-state index contributed by atoms with van der Waals surface area (Å²) < 4.78 is 0. The first-order valence-corrected chi connectivity index (χ1v) is 8.07. The number of ketones is 2. The van der Waals surface area contributed by atoms with Crippen LogP contribution in [0.3, 0.4) is 0 Å². The molecule has 126 valence electrons. The van der Waals surface area contributed by atoms with Gasteiger partial charge in [0, 0.05) is 17.5 Å². The first-order valence-electron chi connectivity index (χ1n) is 7.63. The maximum Gasteiger partial charge on any atom is 0.209 e. The van der Waals surface area contributed by atoms with E-state index >= 15 is 0 Å². The second-order valence-corrected chi connectivity index (χ2v) is 6.08. The zero-order valence-electron chi connectivity index (χ0n) is 13.0. The van der Waals surface area contributed by atoms with E-state index in [4.69, 9.17) is 11.6 Å². The Labute approximate surface area is 149 Å². The number of carbonyl (C=O) groups excluding carboxylic acids is 3. The first kappa shape index (κ1) is 17.0. The third-order valence-corrected chi connectivity index (χ3v) is 4.38. The molecule has 6 heteroatoms. The molecule has 0 bridgehead atoms. The minimum Gasteiger partial charge on any atom is -0.548 e. The Kier molecular flexibility index (Phi) is 4.76. The summed E-state index contributed by atoms with van der Waals surface area (Å²) in [5, 5.41) is 10.2. The van der Waals surface area contributed by atoms with E-state index in [1.54, 1.807) is 42.5 Å². The van der Waals surface area contributed by atoms with Crippen LogP contribution in [0.25, 0.3) is 0 Å². The van der Waals surface area contributed by atoms with Crippen molar-refractivity contribution in [3.05, 3.63) is 71.3 Å². The van der Waals surface area contributed by atoms with E-state index in [1.807, 2.05) is 0 Å². The molecule has 2 aromatic rings. The number of alkyl halides is 1. The number of rotatable bonds is 4. The highest BCUT2D eigenvalue weighted by atomic mass is 35.5. The van der Waals surface area contributed by atoms with Crippen LogP contribution in [-0.2, 0) is 11.2 Å². The van der Waals surface area contributed by atoms with Crippen molar-refractivity contribution in [1.82, 2.24) is 0 Å². The van der Waals surface area contributed by atoms with Crippen LogP contribution in [0, 0.1) is 0 Å². The lowest BCUT2D eigenvalue weighted by Gasteiger charge is -2.22. The number of aliphatic carboxylic acids is 1. The molecular formula is C19H13ClNO4-. The molecule has 0 amide bonds. The minimum absolute atomic E-state index is 0.0411. The number of hydrogen-bond donors (Lipinski definition) is 0. The lowest BCUT2D eigenvalue weighted by molar-refractivity contribution is -0.307. The monoisotopic (exact) mass is 354 g/mol. The van der Waals surface area contributed by atoms with Crippen LogP contribution >= 0.6 is 11.6 Å². The topological polar surface area (TPSA) is 86.6 Å². The van der Waals surface area contributed by atoms with Crippen molar-refractivity contribution in [1.29, 1.82) is 0 Å². The summed E-state index contributed by atoms with van der Waals surface area (Å²) in [5.74, 6) is -2.43. The Morgan fingerprint density at radius 1 is 1.04 bits per heavy atom. The van der Waals surface area contributed by atoms with Crippen molar-refractivity contribution < 1.29 is 19.5 Å². The van der Waals surface area contributed by atoms with Crippen LogP contribution < -0.4 is 5.11 Å². The second kappa shape index (κ2) is 6.99. The van der Waals surface area contributed by atoms with E-state index < -0.39 is 29.0 Å². The van der Waals surface area contributed by atoms with Crippen LogP contribution in [0.5, 0.6) is 0 Å². The fraction of sp³-hybridized carbons (Fsp3) is 0.158. The fourth-order valence-corrected chi connectivity index (χ4v) is 2.99. The number of aliphatic imine (C=N–C) groups is 1. The van der Waals surface area contributed by atoms with Gasteiger partial charge >= 0.3 is 0 Å². The van der Waals surface area contributed by atoms with Crippen molar-refractivity contribution in [2.45, 2.75) is 17.8 Å². The highest BCUT2D eigenvalue weighted by Gasteiger charge is 2.37. The molecule has 5 nitrogen and oxygen atoms in total. The minimum atomic E-state index is -1.43. The van der Waals surface area contributed by atoms with Crippen molar-refractivity contribution in [3.63, 3.8) is 0 Å². The molecule has 1 unspecified atom stereocenters. The smallest absolute Gasteiger partial charge is 0.209 e. The lowest BCUT2D eigenvalue weighted by atomic mass is 9.87. The van der Waals surface area contributed by atoms with Crippen molar-refractivity contribution in [2.24, 2.45) is 4.99 Å². The number of fused-ring (bicyclic) bond motifs is 1. The molecule has 0 N–H and O–H groups in total. The molecule has 0 heterocycles. The van der Waals surface area contributed by atoms with E-state index in [0.29, 0.717) is 0 Å². The van der Waals surface area contributed by atoms with Gasteiger partial charge in [0.1, 0.15) is 11.1 Å². The molecular weight excluding hydrogens is 342 g/mol. The van der Waals surface area contributed by atoms with Gasteiger partial charge in [0.15, 0.2) is 5.78 Å². The molecule has 0 radical (unpaired) electrons. The van der Waals surface area contributed by atoms with Gasteiger partial charge in [-0.05, 0) is 5.56 Å². The van der Waals surface area contributed by atoms with Gasteiger partial charge in [0.25, 0.3) is 0 Å². The number of hydrogen-bond acceptors (Lipinski definition) is 5. The summed E-state index contributed by atoms with van der Waals surface area (Å²) in [4.78, 5) is 40.4. The number of carboxylic acid groups (broad SMARTS) is 1. The average molecular weight is 355 g/mol. The quantitative estimate of drug-likeness (QED) is 0.778. The molecule has 0 saturated heterocycles. The van der Waals surface area contributed by atoms with Crippen molar-refractivity contribution >= 4 is 34.8 Å². The van der Waals surface area contributed by atoms with Gasteiger partial charge in [-0.25, -0.2) is 0 Å². The largest absolute Gasteiger partial charge is 0.548 e. The van der Waals surface area contributed by atoms with Crippen molar-refractivity contribution in [2.75, 3.05) is 0 Å². The van der Waals surface area contributed by atoms with Gasteiger partial charge in [0.2, 0.25) is 5.78 Å². The number of carbonyl (C=O) groups is 3. The standard InChI is InChI=1S/C19H14ClNO4/c20-15-16(18(23)13-9-5-4-8-12(13)17(15)22)21-14(19(24)25)10-11-6-2-1-3-7-11/h1-9,14-15H,10H2,(H,24,25)/p-1/t14-,15?/m1/s1. The maximum absolute atomic E-state index is 12.6. The third kappa shape index (κ3) is 3.37. The molecule has 0 aromatic heterocycles. The molecule has 0 spiro atoms. The van der Waals surface area contributed by atoms with Gasteiger partial charge in [0.05, 0.1) is 12.0 Å². The molecule has 0 fully saturated rings. The number of benzene rings is 2. The Bertz CT molecular complexity index is 876. The Hall–Kier alpha value is -2.79. The highest BCUT2D eigenvalue weighted by Crippen LogP contribution is 2.24.